The summed E-state index contributed by atoms with van der Waals surface area (Å²) < 4.78 is 1.69. The van der Waals surface area contributed by atoms with Gasteiger partial charge in [0, 0.05) is 23.4 Å². The minimum absolute atomic E-state index is 0.0692. The van der Waals surface area contributed by atoms with Crippen LogP contribution in [0.2, 0.25) is 0 Å². The van der Waals surface area contributed by atoms with Gasteiger partial charge in [0.2, 0.25) is 0 Å². The third-order valence-electron chi connectivity index (χ3n) is 5.38. The van der Waals surface area contributed by atoms with Crippen molar-refractivity contribution in [2.75, 3.05) is 0 Å². The first-order chi connectivity index (χ1) is 14.1. The summed E-state index contributed by atoms with van der Waals surface area (Å²) >= 11 is 0. The van der Waals surface area contributed by atoms with E-state index in [0.717, 1.165) is 24.8 Å². The number of nitrogens with zero attached hydrogens (tertiary/aromatic N) is 4. The lowest BCUT2D eigenvalue weighted by molar-refractivity contribution is -0.118. The van der Waals surface area contributed by atoms with Gasteiger partial charge in [0.05, 0.1) is 24.7 Å². The number of nitriles is 2. The van der Waals surface area contributed by atoms with Crippen molar-refractivity contribution in [1.29, 1.82) is 10.5 Å². The van der Waals surface area contributed by atoms with Crippen molar-refractivity contribution in [2.24, 2.45) is 5.92 Å². The lowest BCUT2D eigenvalue weighted by Crippen LogP contribution is -2.41. The Kier molecular flexibility index (Phi) is 6.81. The maximum atomic E-state index is 12.7. The molecule has 1 amide bonds. The molecule has 1 saturated carbocycles. The van der Waals surface area contributed by atoms with E-state index in [1.54, 1.807) is 17.0 Å². The van der Waals surface area contributed by atoms with E-state index in [9.17, 15) is 10.1 Å². The van der Waals surface area contributed by atoms with Crippen LogP contribution in [0.25, 0.3) is 17.3 Å². The van der Waals surface area contributed by atoms with E-state index in [-0.39, 0.29) is 17.5 Å². The van der Waals surface area contributed by atoms with E-state index < -0.39 is 0 Å². The predicted octanol–water partition coefficient (Wildman–Crippen LogP) is 4.07. The molecule has 3 rings (SSSR count). The first-order valence-corrected chi connectivity index (χ1v) is 10.0. The molecule has 6 nitrogen and oxygen atoms in total. The van der Waals surface area contributed by atoms with Crippen LogP contribution in [0.15, 0.2) is 42.1 Å². The lowest BCUT2D eigenvalue weighted by Gasteiger charge is -2.29. The highest BCUT2D eigenvalue weighted by molar-refractivity contribution is 6.02. The fourth-order valence-electron chi connectivity index (χ4n) is 3.72. The SMILES string of the molecule is C[C@H]1CCCC[C@@H]1NC(=O)/C(C#N)=C/c1cn(CCC#N)nc1-c1ccccc1. The van der Waals surface area contributed by atoms with E-state index in [2.05, 4.69) is 23.4 Å². The number of carbonyl (C=O) groups excluding carboxylic acids is 1. The quantitative estimate of drug-likeness (QED) is 0.597. The zero-order valence-electron chi connectivity index (χ0n) is 16.6. The molecule has 1 fully saturated rings. The summed E-state index contributed by atoms with van der Waals surface area (Å²) in [7, 11) is 0. The van der Waals surface area contributed by atoms with Gasteiger partial charge in [0.1, 0.15) is 11.6 Å². The molecule has 1 N–H and O–H groups in total. The zero-order valence-corrected chi connectivity index (χ0v) is 16.6. The fourth-order valence-corrected chi connectivity index (χ4v) is 3.72. The third kappa shape index (κ3) is 5.12. The summed E-state index contributed by atoms with van der Waals surface area (Å²) in [5, 5.41) is 26.1. The number of carbonyl (C=O) groups is 1. The molecule has 0 unspecified atom stereocenters. The van der Waals surface area contributed by atoms with E-state index in [4.69, 9.17) is 5.26 Å². The molecule has 0 bridgehead atoms. The average molecular weight is 387 g/mol. The van der Waals surface area contributed by atoms with Gasteiger partial charge in [-0.1, -0.05) is 50.1 Å². The first kappa shape index (κ1) is 20.4. The Bertz CT molecular complexity index is 961. The molecule has 6 heteroatoms. The zero-order chi connectivity index (χ0) is 20.6. The first-order valence-electron chi connectivity index (χ1n) is 10.0. The molecule has 2 aromatic rings. The van der Waals surface area contributed by atoms with E-state index in [1.165, 1.54) is 6.42 Å². The van der Waals surface area contributed by atoms with E-state index in [0.29, 0.717) is 30.1 Å². The van der Waals surface area contributed by atoms with Gasteiger partial charge in [0.15, 0.2) is 0 Å². The number of amides is 1. The standard InChI is InChI=1S/C23H25N5O/c1-17-8-5-6-11-21(17)26-23(29)19(15-25)14-20-16-28(13-7-12-24)27-22(20)18-9-3-2-4-10-18/h2-4,9-10,14,16-17,21H,5-8,11,13H2,1H3,(H,26,29)/b19-14+/t17-,21-/m0/s1. The van der Waals surface area contributed by atoms with Crippen LogP contribution < -0.4 is 5.32 Å². The molecule has 1 aliphatic carbocycles. The second-order valence-corrected chi connectivity index (χ2v) is 7.48. The summed E-state index contributed by atoms with van der Waals surface area (Å²) in [4.78, 5) is 12.7. The summed E-state index contributed by atoms with van der Waals surface area (Å²) in [5.74, 6) is 0.0799. The normalized spacial score (nSPS) is 19.2. The molecule has 0 saturated heterocycles. The Morgan fingerprint density at radius 1 is 1.28 bits per heavy atom. The smallest absolute Gasteiger partial charge is 0.262 e. The van der Waals surface area contributed by atoms with Gasteiger partial charge in [-0.2, -0.15) is 15.6 Å². The highest BCUT2D eigenvalue weighted by Gasteiger charge is 2.24. The van der Waals surface area contributed by atoms with Crippen molar-refractivity contribution < 1.29 is 4.79 Å². The van der Waals surface area contributed by atoms with Gasteiger partial charge < -0.3 is 5.32 Å². The Labute approximate surface area is 171 Å². The molecular formula is C23H25N5O. The highest BCUT2D eigenvalue weighted by Crippen LogP contribution is 2.26. The Morgan fingerprint density at radius 2 is 2.03 bits per heavy atom. The van der Waals surface area contributed by atoms with Crippen LogP contribution in [-0.2, 0) is 11.3 Å². The number of benzene rings is 1. The second-order valence-electron chi connectivity index (χ2n) is 7.48. The summed E-state index contributed by atoms with van der Waals surface area (Å²) in [6, 6.07) is 13.9. The molecule has 1 aromatic carbocycles. The molecule has 0 spiro atoms. The van der Waals surface area contributed by atoms with Gasteiger partial charge in [-0.15, -0.1) is 0 Å². The van der Waals surface area contributed by atoms with Crippen LogP contribution >= 0.6 is 0 Å². The molecule has 148 valence electrons. The highest BCUT2D eigenvalue weighted by atomic mass is 16.1. The minimum atomic E-state index is -0.338. The predicted molar refractivity (Wildman–Crippen MR) is 111 cm³/mol. The number of aryl methyl sites for hydroxylation is 1. The topological polar surface area (TPSA) is 94.5 Å². The molecule has 0 aliphatic heterocycles. The maximum absolute atomic E-state index is 12.7. The molecule has 1 heterocycles. The average Bonchev–Trinajstić information content (AvgIpc) is 3.15. The van der Waals surface area contributed by atoms with Crippen molar-refractivity contribution in [3.63, 3.8) is 0 Å². The largest absolute Gasteiger partial charge is 0.348 e. The summed E-state index contributed by atoms with van der Waals surface area (Å²) in [5.41, 5.74) is 2.35. The van der Waals surface area contributed by atoms with Crippen molar-refractivity contribution in [3.8, 4) is 23.4 Å². The van der Waals surface area contributed by atoms with Crippen molar-refractivity contribution in [2.45, 2.75) is 51.6 Å². The van der Waals surface area contributed by atoms with Crippen LogP contribution in [0.5, 0.6) is 0 Å². The molecule has 0 radical (unpaired) electrons. The monoisotopic (exact) mass is 387 g/mol. The number of aromatic nitrogens is 2. The number of hydrogen-bond acceptors (Lipinski definition) is 4. The van der Waals surface area contributed by atoms with Gasteiger partial charge >= 0.3 is 0 Å². The Hall–Kier alpha value is -3.38. The van der Waals surface area contributed by atoms with E-state index in [1.807, 2.05) is 36.4 Å². The molecule has 1 aliphatic rings. The van der Waals surface area contributed by atoms with Crippen LogP contribution in [0.1, 0.15) is 44.6 Å². The summed E-state index contributed by atoms with van der Waals surface area (Å²) in [6.07, 6.45) is 8.06. The molecule has 1 aromatic heterocycles. The Balaban J connectivity index is 1.89. The van der Waals surface area contributed by atoms with Crippen molar-refractivity contribution >= 4 is 12.0 Å². The van der Waals surface area contributed by atoms with Crippen LogP contribution in [0.3, 0.4) is 0 Å². The van der Waals surface area contributed by atoms with Gasteiger partial charge in [-0.25, -0.2) is 0 Å². The number of nitrogens with one attached hydrogen (secondary N) is 1. The minimum Gasteiger partial charge on any atom is -0.348 e. The van der Waals surface area contributed by atoms with Gasteiger partial charge in [0.25, 0.3) is 5.91 Å². The lowest BCUT2D eigenvalue weighted by atomic mass is 9.86. The third-order valence-corrected chi connectivity index (χ3v) is 5.38. The van der Waals surface area contributed by atoms with Crippen molar-refractivity contribution in [1.82, 2.24) is 15.1 Å². The van der Waals surface area contributed by atoms with Crippen LogP contribution in [0.4, 0.5) is 0 Å². The molecule has 29 heavy (non-hydrogen) atoms. The van der Waals surface area contributed by atoms with Gasteiger partial charge in [-0.3, -0.25) is 9.48 Å². The maximum Gasteiger partial charge on any atom is 0.262 e. The second kappa shape index (κ2) is 9.71. The molecule has 2 atom stereocenters. The van der Waals surface area contributed by atoms with Gasteiger partial charge in [-0.05, 0) is 24.8 Å². The Morgan fingerprint density at radius 3 is 2.72 bits per heavy atom. The number of rotatable bonds is 6. The van der Waals surface area contributed by atoms with E-state index >= 15 is 0 Å². The number of hydrogen-bond donors (Lipinski definition) is 1. The summed E-state index contributed by atoms with van der Waals surface area (Å²) in [6.45, 7) is 2.60. The van der Waals surface area contributed by atoms with Crippen molar-refractivity contribution in [3.05, 3.63) is 47.7 Å². The molecular weight excluding hydrogens is 362 g/mol. The van der Waals surface area contributed by atoms with Crippen LogP contribution in [-0.4, -0.2) is 21.7 Å². The van der Waals surface area contributed by atoms with Crippen LogP contribution in [0, 0.1) is 28.6 Å². The fraction of sp³-hybridized carbons (Fsp3) is 0.391.